The number of nitrogens with zero attached hydrogens (tertiary/aromatic N) is 1. The van der Waals surface area contributed by atoms with Crippen molar-refractivity contribution in [2.24, 2.45) is 0 Å². The van der Waals surface area contributed by atoms with E-state index in [1.165, 1.54) is 0 Å². The summed E-state index contributed by atoms with van der Waals surface area (Å²) in [6, 6.07) is 3.38. The van der Waals surface area contributed by atoms with E-state index in [2.05, 4.69) is 10.3 Å². The topological polar surface area (TPSA) is 68.3 Å². The van der Waals surface area contributed by atoms with Crippen LogP contribution >= 0.6 is 0 Å². The van der Waals surface area contributed by atoms with Crippen LogP contribution in [-0.2, 0) is 4.79 Å². The van der Waals surface area contributed by atoms with E-state index in [4.69, 9.17) is 4.74 Å². The number of carbonyl (C=O) groups is 2. The zero-order valence-electron chi connectivity index (χ0n) is 11.8. The fourth-order valence-electron chi connectivity index (χ4n) is 1.42. The van der Waals surface area contributed by atoms with Crippen molar-refractivity contribution in [3.8, 4) is 5.75 Å². The first kappa shape index (κ1) is 15.1. The molecule has 0 aromatic carbocycles. The summed E-state index contributed by atoms with van der Waals surface area (Å²) in [6.07, 6.45) is 1.45. The molecule has 1 N–H and O–H groups in total. The van der Waals surface area contributed by atoms with Crippen molar-refractivity contribution in [3.63, 3.8) is 0 Å². The Morgan fingerprint density at radius 2 is 2.16 bits per heavy atom. The van der Waals surface area contributed by atoms with E-state index in [0.29, 0.717) is 12.0 Å². The predicted molar refractivity (Wildman–Crippen MR) is 72.4 cm³/mol. The van der Waals surface area contributed by atoms with Crippen LogP contribution in [0.25, 0.3) is 0 Å². The first-order valence-electron chi connectivity index (χ1n) is 6.24. The van der Waals surface area contributed by atoms with Crippen molar-refractivity contribution in [1.82, 2.24) is 10.3 Å². The molecule has 0 bridgehead atoms. The summed E-state index contributed by atoms with van der Waals surface area (Å²) in [5.74, 6) is 0.106. The minimum Gasteiger partial charge on any atom is -0.481 e. The molecule has 1 aromatic heterocycles. The van der Waals surface area contributed by atoms with Gasteiger partial charge >= 0.3 is 0 Å². The quantitative estimate of drug-likeness (QED) is 0.797. The summed E-state index contributed by atoms with van der Waals surface area (Å²) in [4.78, 5) is 26.6. The second-order valence-corrected chi connectivity index (χ2v) is 5.03. The summed E-state index contributed by atoms with van der Waals surface area (Å²) in [5.41, 5.74) is 0.674. The van der Waals surface area contributed by atoms with Gasteiger partial charge in [0, 0.05) is 11.2 Å². The molecule has 1 aromatic rings. The smallest absolute Gasteiger partial charge is 0.258 e. The second kappa shape index (κ2) is 6.31. The van der Waals surface area contributed by atoms with Crippen LogP contribution in [0.3, 0.4) is 0 Å². The van der Waals surface area contributed by atoms with Crippen LogP contribution in [0.1, 0.15) is 43.4 Å². The van der Waals surface area contributed by atoms with Gasteiger partial charge in [-0.3, -0.25) is 9.59 Å². The van der Waals surface area contributed by atoms with Gasteiger partial charge in [0.05, 0.1) is 0 Å². The normalized spacial score (nSPS) is 10.9. The third-order valence-electron chi connectivity index (χ3n) is 2.86. The Hall–Kier alpha value is -1.91. The molecule has 1 heterocycles. The fourth-order valence-corrected chi connectivity index (χ4v) is 1.42. The molecule has 0 aliphatic heterocycles. The molecular formula is C14H20N2O3. The number of aromatic nitrogens is 1. The second-order valence-electron chi connectivity index (χ2n) is 5.03. The Labute approximate surface area is 113 Å². The van der Waals surface area contributed by atoms with E-state index in [1.807, 2.05) is 20.8 Å². The average Bonchev–Trinajstić information content (AvgIpc) is 2.36. The SMILES string of the molecule is CCC(C)(C)NC(=O)COc1ccc(C)nc1C=O. The lowest BCUT2D eigenvalue weighted by atomic mass is 10.0. The first-order valence-corrected chi connectivity index (χ1v) is 6.24. The van der Waals surface area contributed by atoms with E-state index in [0.717, 1.165) is 12.1 Å². The molecular weight excluding hydrogens is 244 g/mol. The number of amides is 1. The van der Waals surface area contributed by atoms with E-state index in [9.17, 15) is 9.59 Å². The molecule has 0 aliphatic rings. The van der Waals surface area contributed by atoms with Crippen LogP contribution in [0.5, 0.6) is 5.75 Å². The molecule has 0 saturated heterocycles. The Kier molecular flexibility index (Phi) is 5.03. The van der Waals surface area contributed by atoms with Gasteiger partial charge in [-0.15, -0.1) is 0 Å². The summed E-state index contributed by atoms with van der Waals surface area (Å²) >= 11 is 0. The van der Waals surface area contributed by atoms with Gasteiger partial charge in [-0.25, -0.2) is 4.98 Å². The number of aldehydes is 1. The van der Waals surface area contributed by atoms with E-state index in [-0.39, 0.29) is 23.7 Å². The van der Waals surface area contributed by atoms with Crippen molar-refractivity contribution in [1.29, 1.82) is 0 Å². The zero-order chi connectivity index (χ0) is 14.5. The highest BCUT2D eigenvalue weighted by Crippen LogP contribution is 2.15. The van der Waals surface area contributed by atoms with E-state index >= 15 is 0 Å². The van der Waals surface area contributed by atoms with Gasteiger partial charge in [-0.05, 0) is 39.3 Å². The molecule has 5 nitrogen and oxygen atoms in total. The summed E-state index contributed by atoms with van der Waals surface area (Å²) in [7, 11) is 0. The van der Waals surface area contributed by atoms with Crippen LogP contribution in [0, 0.1) is 6.92 Å². The van der Waals surface area contributed by atoms with Crippen LogP contribution in [0.15, 0.2) is 12.1 Å². The summed E-state index contributed by atoms with van der Waals surface area (Å²) < 4.78 is 5.33. The molecule has 1 rings (SSSR count). The van der Waals surface area contributed by atoms with Crippen molar-refractivity contribution in [3.05, 3.63) is 23.5 Å². The first-order chi connectivity index (χ1) is 8.88. The average molecular weight is 264 g/mol. The number of hydrogen-bond donors (Lipinski definition) is 1. The molecule has 1 amide bonds. The van der Waals surface area contributed by atoms with Crippen LogP contribution in [-0.4, -0.2) is 29.3 Å². The van der Waals surface area contributed by atoms with Gasteiger partial charge < -0.3 is 10.1 Å². The standard InChI is InChI=1S/C14H20N2O3/c1-5-14(3,4)16-13(18)9-19-12-7-6-10(2)15-11(12)8-17/h6-8H,5,9H2,1-4H3,(H,16,18). The third-order valence-corrected chi connectivity index (χ3v) is 2.86. The van der Waals surface area contributed by atoms with Gasteiger partial charge in [0.2, 0.25) is 0 Å². The zero-order valence-corrected chi connectivity index (χ0v) is 11.8. The maximum Gasteiger partial charge on any atom is 0.258 e. The fraction of sp³-hybridized carbons (Fsp3) is 0.500. The Bertz CT molecular complexity index is 470. The lowest BCUT2D eigenvalue weighted by Crippen LogP contribution is -2.44. The molecule has 19 heavy (non-hydrogen) atoms. The number of hydrogen-bond acceptors (Lipinski definition) is 4. The van der Waals surface area contributed by atoms with Crippen molar-refractivity contribution in [2.75, 3.05) is 6.61 Å². The molecule has 0 spiro atoms. The van der Waals surface area contributed by atoms with E-state index < -0.39 is 0 Å². The van der Waals surface area contributed by atoms with Gasteiger partial charge in [0.15, 0.2) is 12.9 Å². The highest BCUT2D eigenvalue weighted by molar-refractivity contribution is 5.79. The van der Waals surface area contributed by atoms with Crippen LogP contribution < -0.4 is 10.1 Å². The Morgan fingerprint density at radius 3 is 2.74 bits per heavy atom. The minimum atomic E-state index is -0.264. The number of nitrogens with one attached hydrogen (secondary N) is 1. The largest absolute Gasteiger partial charge is 0.481 e. The van der Waals surface area contributed by atoms with Crippen molar-refractivity contribution in [2.45, 2.75) is 39.7 Å². The molecule has 0 aliphatic carbocycles. The molecule has 104 valence electrons. The van der Waals surface area contributed by atoms with Gasteiger partial charge in [0.25, 0.3) is 5.91 Å². The number of rotatable bonds is 6. The summed E-state index contributed by atoms with van der Waals surface area (Å²) in [6.45, 7) is 7.53. The third kappa shape index (κ3) is 4.69. The Balaban J connectivity index is 2.62. The number of aryl methyl sites for hydroxylation is 1. The molecule has 0 unspecified atom stereocenters. The van der Waals surface area contributed by atoms with Crippen molar-refractivity contribution < 1.29 is 14.3 Å². The molecule has 0 fully saturated rings. The van der Waals surface area contributed by atoms with E-state index in [1.54, 1.807) is 19.1 Å². The number of pyridine rings is 1. The molecule has 5 heteroatoms. The van der Waals surface area contributed by atoms with Crippen LogP contribution in [0.4, 0.5) is 0 Å². The minimum absolute atomic E-state index is 0.130. The van der Waals surface area contributed by atoms with Crippen molar-refractivity contribution >= 4 is 12.2 Å². The summed E-state index contributed by atoms with van der Waals surface area (Å²) in [5, 5.41) is 2.85. The highest BCUT2D eigenvalue weighted by Gasteiger charge is 2.18. The van der Waals surface area contributed by atoms with Gasteiger partial charge in [0.1, 0.15) is 11.4 Å². The van der Waals surface area contributed by atoms with Gasteiger partial charge in [-0.1, -0.05) is 6.92 Å². The maximum absolute atomic E-state index is 11.7. The number of ether oxygens (including phenoxy) is 1. The monoisotopic (exact) mass is 264 g/mol. The molecule has 0 atom stereocenters. The molecule has 0 radical (unpaired) electrons. The molecule has 0 saturated carbocycles. The lowest BCUT2D eigenvalue weighted by Gasteiger charge is -2.24. The Morgan fingerprint density at radius 1 is 1.47 bits per heavy atom. The van der Waals surface area contributed by atoms with Gasteiger partial charge in [-0.2, -0.15) is 0 Å². The highest BCUT2D eigenvalue weighted by atomic mass is 16.5. The maximum atomic E-state index is 11.7. The number of carbonyl (C=O) groups excluding carboxylic acids is 2. The lowest BCUT2D eigenvalue weighted by molar-refractivity contribution is -0.124. The van der Waals surface area contributed by atoms with Crippen LogP contribution in [0.2, 0.25) is 0 Å². The predicted octanol–water partition coefficient (Wildman–Crippen LogP) is 1.89.